The lowest BCUT2D eigenvalue weighted by molar-refractivity contribution is -0.135. The molecule has 0 spiro atoms. The van der Waals surface area contributed by atoms with Crippen LogP contribution in [0.4, 0.5) is 0 Å². The molecule has 1 unspecified atom stereocenters. The summed E-state index contributed by atoms with van der Waals surface area (Å²) in [4.78, 5) is 38.7. The minimum atomic E-state index is -1.35. The first-order chi connectivity index (χ1) is 11.5. The number of ketones is 1. The number of rotatable bonds is 6. The summed E-state index contributed by atoms with van der Waals surface area (Å²) < 4.78 is 0. The molecule has 0 aliphatic carbocycles. The van der Waals surface area contributed by atoms with Crippen LogP contribution in [0.2, 0.25) is 0 Å². The van der Waals surface area contributed by atoms with Crippen LogP contribution in [-0.4, -0.2) is 54.3 Å². The van der Waals surface area contributed by atoms with Gasteiger partial charge in [-0.1, -0.05) is 30.3 Å². The van der Waals surface area contributed by atoms with Crippen LogP contribution in [0.1, 0.15) is 9.67 Å². The number of nitrogens with one attached hydrogen (secondary N) is 1. The molecule has 6 nitrogen and oxygen atoms in total. The molecule has 1 aromatic carbocycles. The quantitative estimate of drug-likeness (QED) is 0.769. The second-order valence-corrected chi connectivity index (χ2v) is 6.17. The predicted molar refractivity (Wildman–Crippen MR) is 91.8 cm³/mol. The van der Waals surface area contributed by atoms with Gasteiger partial charge in [-0.05, 0) is 17.7 Å². The van der Waals surface area contributed by atoms with Crippen LogP contribution in [0.15, 0.2) is 42.5 Å². The molecule has 1 aromatic heterocycles. The number of benzene rings is 1. The summed E-state index contributed by atoms with van der Waals surface area (Å²) in [6.07, 6.45) is 0. The summed E-state index contributed by atoms with van der Waals surface area (Å²) in [6.45, 7) is -0.810. The molecule has 0 fully saturated rings. The highest BCUT2D eigenvalue weighted by molar-refractivity contribution is 7.17. The van der Waals surface area contributed by atoms with Crippen LogP contribution in [0.3, 0.4) is 0 Å². The van der Waals surface area contributed by atoms with Gasteiger partial charge in [-0.15, -0.1) is 11.3 Å². The van der Waals surface area contributed by atoms with Crippen LogP contribution in [0.25, 0.3) is 10.4 Å². The fraction of sp³-hybridized carbons (Fsp3) is 0.235. The third-order valence-electron chi connectivity index (χ3n) is 3.54. The Labute approximate surface area is 143 Å². The van der Waals surface area contributed by atoms with E-state index >= 15 is 0 Å². The molecule has 1 atom stereocenters. The number of aliphatic hydroxyl groups is 1. The summed E-state index contributed by atoms with van der Waals surface area (Å²) in [5.41, 5.74) is 0.985. The zero-order valence-electron chi connectivity index (χ0n) is 13.4. The van der Waals surface area contributed by atoms with E-state index in [4.69, 9.17) is 5.11 Å². The molecule has 0 saturated heterocycles. The molecule has 0 bridgehead atoms. The van der Waals surface area contributed by atoms with Gasteiger partial charge in [0.2, 0.25) is 5.91 Å². The third kappa shape index (κ3) is 3.69. The van der Waals surface area contributed by atoms with E-state index in [0.29, 0.717) is 4.88 Å². The van der Waals surface area contributed by atoms with Gasteiger partial charge in [0, 0.05) is 19.0 Å². The van der Waals surface area contributed by atoms with Crippen LogP contribution in [0, 0.1) is 0 Å². The van der Waals surface area contributed by atoms with E-state index in [2.05, 4.69) is 5.32 Å². The van der Waals surface area contributed by atoms with Gasteiger partial charge >= 0.3 is 0 Å². The van der Waals surface area contributed by atoms with Gasteiger partial charge < -0.3 is 15.3 Å². The van der Waals surface area contributed by atoms with E-state index in [1.165, 1.54) is 25.4 Å². The molecule has 0 saturated carbocycles. The van der Waals surface area contributed by atoms with E-state index in [1.807, 2.05) is 36.4 Å². The molecule has 7 heteroatoms. The summed E-state index contributed by atoms with van der Waals surface area (Å²) >= 11 is 1.28. The van der Waals surface area contributed by atoms with Gasteiger partial charge in [0.1, 0.15) is 6.61 Å². The number of amides is 2. The van der Waals surface area contributed by atoms with Crippen molar-refractivity contribution in [3.63, 3.8) is 0 Å². The number of hydrogen-bond acceptors (Lipinski definition) is 5. The molecule has 2 aromatic rings. The minimum absolute atomic E-state index is 0.413. The fourth-order valence-corrected chi connectivity index (χ4v) is 3.26. The van der Waals surface area contributed by atoms with E-state index in [0.717, 1.165) is 15.3 Å². The fourth-order valence-electron chi connectivity index (χ4n) is 2.26. The van der Waals surface area contributed by atoms with Gasteiger partial charge in [-0.25, -0.2) is 0 Å². The summed E-state index contributed by atoms with van der Waals surface area (Å²) in [6, 6.07) is 11.7. The van der Waals surface area contributed by atoms with E-state index < -0.39 is 30.2 Å². The highest BCUT2D eigenvalue weighted by Gasteiger charge is 2.33. The zero-order chi connectivity index (χ0) is 17.7. The van der Waals surface area contributed by atoms with Crippen LogP contribution < -0.4 is 5.32 Å². The minimum Gasteiger partial charge on any atom is -0.388 e. The number of aliphatic hydroxyl groups excluding tert-OH is 1. The lowest BCUT2D eigenvalue weighted by atomic mass is 10.1. The smallest absolute Gasteiger partial charge is 0.264 e. The molecule has 0 radical (unpaired) electrons. The number of hydrogen-bond donors (Lipinski definition) is 2. The average molecular weight is 346 g/mol. The highest BCUT2D eigenvalue weighted by atomic mass is 32.1. The number of thiophene rings is 1. The van der Waals surface area contributed by atoms with Gasteiger partial charge in [-0.2, -0.15) is 0 Å². The maximum Gasteiger partial charge on any atom is 0.264 e. The first-order valence-corrected chi connectivity index (χ1v) is 8.08. The summed E-state index contributed by atoms with van der Waals surface area (Å²) in [7, 11) is 2.74. The number of carbonyl (C=O) groups excluding carboxylic acids is 3. The Hall–Kier alpha value is -2.51. The number of nitrogens with zero attached hydrogens (tertiary/aromatic N) is 1. The topological polar surface area (TPSA) is 86.7 Å². The monoisotopic (exact) mass is 346 g/mol. The molecule has 0 aliphatic heterocycles. The maximum absolute atomic E-state index is 12.6. The normalized spacial score (nSPS) is 11.6. The van der Waals surface area contributed by atoms with Crippen molar-refractivity contribution in [2.45, 2.75) is 6.04 Å². The van der Waals surface area contributed by atoms with Gasteiger partial charge in [0.05, 0.1) is 4.88 Å². The van der Waals surface area contributed by atoms with Crippen molar-refractivity contribution in [1.82, 2.24) is 10.2 Å². The second-order valence-electron chi connectivity index (χ2n) is 5.09. The Morgan fingerprint density at radius 1 is 1.17 bits per heavy atom. The molecule has 0 aliphatic rings. The average Bonchev–Trinajstić information content (AvgIpc) is 3.11. The van der Waals surface area contributed by atoms with Crippen molar-refractivity contribution < 1.29 is 19.5 Å². The number of likely N-dealkylation sites (N-methyl/N-ethyl adjacent to an activating group) is 2. The van der Waals surface area contributed by atoms with Crippen molar-refractivity contribution in [1.29, 1.82) is 0 Å². The highest BCUT2D eigenvalue weighted by Crippen LogP contribution is 2.28. The van der Waals surface area contributed by atoms with Crippen molar-refractivity contribution in [2.24, 2.45) is 0 Å². The van der Waals surface area contributed by atoms with Crippen molar-refractivity contribution in [2.75, 3.05) is 20.7 Å². The lowest BCUT2D eigenvalue weighted by Gasteiger charge is -2.24. The first kappa shape index (κ1) is 17.8. The largest absolute Gasteiger partial charge is 0.388 e. The standard InChI is InChI=1S/C17H18N2O4S/c1-18-16(22)15(12(21)10-20)19(2)17(23)14-9-8-13(24-14)11-6-4-3-5-7-11/h3-9,15,20H,10H2,1-2H3,(H,18,22). The summed E-state index contributed by atoms with van der Waals surface area (Å²) in [5, 5.41) is 11.4. The SMILES string of the molecule is CNC(=O)C(C(=O)CO)N(C)C(=O)c1ccc(-c2ccccc2)s1. The lowest BCUT2D eigenvalue weighted by Crippen LogP contribution is -2.52. The van der Waals surface area contributed by atoms with Gasteiger partial charge in [0.25, 0.3) is 5.91 Å². The molecular formula is C17H18N2O4S. The zero-order valence-corrected chi connectivity index (χ0v) is 14.2. The Bertz CT molecular complexity index is 726. The van der Waals surface area contributed by atoms with Crippen molar-refractivity contribution in [3.8, 4) is 10.4 Å². The Kier molecular flexibility index (Phi) is 5.83. The molecular weight excluding hydrogens is 328 g/mol. The van der Waals surface area contributed by atoms with Crippen LogP contribution in [0.5, 0.6) is 0 Å². The molecule has 2 amide bonds. The van der Waals surface area contributed by atoms with E-state index in [1.54, 1.807) is 6.07 Å². The Balaban J connectivity index is 2.25. The maximum atomic E-state index is 12.6. The molecule has 2 N–H and O–H groups in total. The molecule has 24 heavy (non-hydrogen) atoms. The number of Topliss-reactive ketones (excluding diaryl/α,β-unsaturated/α-hetero) is 1. The Morgan fingerprint density at radius 2 is 1.83 bits per heavy atom. The molecule has 1 heterocycles. The van der Waals surface area contributed by atoms with Crippen molar-refractivity contribution in [3.05, 3.63) is 47.3 Å². The van der Waals surface area contributed by atoms with Crippen LogP contribution in [-0.2, 0) is 9.59 Å². The van der Waals surface area contributed by atoms with Gasteiger partial charge in [0.15, 0.2) is 11.8 Å². The van der Waals surface area contributed by atoms with E-state index in [-0.39, 0.29) is 0 Å². The predicted octanol–water partition coefficient (Wildman–Crippen LogP) is 1.16. The second kappa shape index (κ2) is 7.85. The molecule has 2 rings (SSSR count). The van der Waals surface area contributed by atoms with Crippen molar-refractivity contribution >= 4 is 28.9 Å². The van der Waals surface area contributed by atoms with Crippen LogP contribution >= 0.6 is 11.3 Å². The molecule has 126 valence electrons. The van der Waals surface area contributed by atoms with E-state index in [9.17, 15) is 14.4 Å². The Morgan fingerprint density at radius 3 is 2.42 bits per heavy atom. The number of carbonyl (C=O) groups is 3. The first-order valence-electron chi connectivity index (χ1n) is 7.27. The van der Waals surface area contributed by atoms with Gasteiger partial charge in [-0.3, -0.25) is 14.4 Å². The summed E-state index contributed by atoms with van der Waals surface area (Å²) in [5.74, 6) is -1.81. The third-order valence-corrected chi connectivity index (χ3v) is 4.66.